The van der Waals surface area contributed by atoms with Crippen molar-refractivity contribution in [2.45, 2.75) is 4.34 Å². The molecule has 0 fully saturated rings. The quantitative estimate of drug-likeness (QED) is 0.298. The summed E-state index contributed by atoms with van der Waals surface area (Å²) in [6.45, 7) is 0. The van der Waals surface area contributed by atoms with E-state index in [1.54, 1.807) is 6.21 Å². The molecule has 0 saturated heterocycles. The Labute approximate surface area is 172 Å². The van der Waals surface area contributed by atoms with Crippen LogP contribution in [0.15, 0.2) is 67.8 Å². The highest BCUT2D eigenvalue weighted by atomic mass is 79.9. The minimum absolute atomic E-state index is 0.176. The lowest BCUT2D eigenvalue weighted by Crippen LogP contribution is -2.19. The number of benzene rings is 2. The van der Waals surface area contributed by atoms with Crippen molar-refractivity contribution in [3.05, 3.63) is 69.0 Å². The van der Waals surface area contributed by atoms with E-state index in [9.17, 15) is 4.79 Å². The van der Waals surface area contributed by atoms with Crippen LogP contribution >= 0.6 is 50.6 Å². The molecular formula is C18H13BrClN3OS2. The summed E-state index contributed by atoms with van der Waals surface area (Å²) in [7, 11) is 0. The fraction of sp³-hybridized carbons (Fsp3) is 0.0556. The number of rotatable bonds is 6. The summed E-state index contributed by atoms with van der Waals surface area (Å²) in [6.07, 6.45) is 1.61. The van der Waals surface area contributed by atoms with Gasteiger partial charge in [-0.1, -0.05) is 63.6 Å². The Bertz CT molecular complexity index is 928. The summed E-state index contributed by atoms with van der Waals surface area (Å²) in [5, 5.41) is 6.63. The standard InChI is InChI=1S/C18H13BrClN3OS2/c19-14-3-1-2-12(8-14)9-21-23-17(24)11-26-18-22-16(10-25-18)13-4-6-15(20)7-5-13/h1-10H,11H2,(H,23,24)/b21-9+. The number of carbonyl (C=O) groups excluding carboxylic acids is 1. The van der Waals surface area contributed by atoms with Crippen molar-refractivity contribution >= 4 is 62.8 Å². The van der Waals surface area contributed by atoms with Crippen LogP contribution in [0.5, 0.6) is 0 Å². The molecule has 0 atom stereocenters. The van der Waals surface area contributed by atoms with Gasteiger partial charge in [-0.25, -0.2) is 10.4 Å². The average Bonchev–Trinajstić information content (AvgIpc) is 3.10. The molecule has 3 aromatic rings. The third kappa shape index (κ3) is 5.67. The number of hydrazone groups is 1. The van der Waals surface area contributed by atoms with E-state index in [4.69, 9.17) is 11.6 Å². The van der Waals surface area contributed by atoms with E-state index >= 15 is 0 Å². The van der Waals surface area contributed by atoms with Gasteiger partial charge in [0, 0.05) is 20.4 Å². The highest BCUT2D eigenvalue weighted by Crippen LogP contribution is 2.28. The second-order valence-corrected chi connectivity index (χ2v) is 8.58. The molecule has 0 aliphatic heterocycles. The molecule has 1 N–H and O–H groups in total. The number of aromatic nitrogens is 1. The van der Waals surface area contributed by atoms with Crippen molar-refractivity contribution in [3.8, 4) is 11.3 Å². The van der Waals surface area contributed by atoms with Gasteiger partial charge in [0.15, 0.2) is 4.34 Å². The van der Waals surface area contributed by atoms with E-state index in [2.05, 4.69) is 31.4 Å². The summed E-state index contributed by atoms with van der Waals surface area (Å²) in [5.41, 5.74) is 5.30. The molecule has 0 bridgehead atoms. The molecule has 0 spiro atoms. The normalized spacial score (nSPS) is 11.0. The van der Waals surface area contributed by atoms with Crippen LogP contribution in [0.2, 0.25) is 5.02 Å². The van der Waals surface area contributed by atoms with E-state index < -0.39 is 0 Å². The van der Waals surface area contributed by atoms with Gasteiger partial charge in [-0.3, -0.25) is 4.79 Å². The topological polar surface area (TPSA) is 54.4 Å². The Morgan fingerprint density at radius 2 is 2.12 bits per heavy atom. The number of amides is 1. The van der Waals surface area contributed by atoms with Gasteiger partial charge in [-0.15, -0.1) is 11.3 Å². The molecule has 0 aliphatic rings. The Hall–Kier alpha value is -1.67. The van der Waals surface area contributed by atoms with Gasteiger partial charge in [0.05, 0.1) is 17.7 Å². The van der Waals surface area contributed by atoms with Crippen molar-refractivity contribution in [1.29, 1.82) is 0 Å². The predicted octanol–water partition coefficient (Wildman–Crippen LogP) is 5.47. The lowest BCUT2D eigenvalue weighted by atomic mass is 10.2. The highest BCUT2D eigenvalue weighted by Gasteiger charge is 2.07. The van der Waals surface area contributed by atoms with Crippen LogP contribution in [0.25, 0.3) is 11.3 Å². The summed E-state index contributed by atoms with van der Waals surface area (Å²) in [6, 6.07) is 15.2. The molecule has 1 amide bonds. The van der Waals surface area contributed by atoms with Crippen molar-refractivity contribution < 1.29 is 4.79 Å². The molecule has 0 saturated carbocycles. The van der Waals surface area contributed by atoms with Crippen LogP contribution in [0.3, 0.4) is 0 Å². The van der Waals surface area contributed by atoms with Crippen LogP contribution in [-0.2, 0) is 4.79 Å². The Balaban J connectivity index is 1.49. The fourth-order valence-corrected chi connectivity index (χ4v) is 4.17. The number of hydrogen-bond acceptors (Lipinski definition) is 5. The monoisotopic (exact) mass is 465 g/mol. The van der Waals surface area contributed by atoms with E-state index in [-0.39, 0.29) is 11.7 Å². The summed E-state index contributed by atoms with van der Waals surface area (Å²) in [4.78, 5) is 16.4. The maximum atomic E-state index is 11.9. The first kappa shape index (κ1) is 19.1. The molecule has 132 valence electrons. The smallest absolute Gasteiger partial charge is 0.250 e. The van der Waals surface area contributed by atoms with Crippen LogP contribution in [-0.4, -0.2) is 22.9 Å². The van der Waals surface area contributed by atoms with E-state index in [1.807, 2.05) is 53.9 Å². The third-order valence-corrected chi connectivity index (χ3v) is 5.97. The number of halogens is 2. The molecule has 0 aliphatic carbocycles. The van der Waals surface area contributed by atoms with Gasteiger partial charge in [0.25, 0.3) is 5.91 Å². The Morgan fingerprint density at radius 3 is 2.88 bits per heavy atom. The SMILES string of the molecule is O=C(CSc1nc(-c2ccc(Cl)cc2)cs1)N/N=C/c1cccc(Br)c1. The Kier molecular flexibility index (Phi) is 6.85. The number of nitrogens with zero attached hydrogens (tertiary/aromatic N) is 2. The predicted molar refractivity (Wildman–Crippen MR) is 113 cm³/mol. The van der Waals surface area contributed by atoms with E-state index in [0.717, 1.165) is 25.6 Å². The first-order chi connectivity index (χ1) is 12.6. The third-order valence-electron chi connectivity index (χ3n) is 3.20. The number of thiazole rings is 1. The molecular weight excluding hydrogens is 454 g/mol. The summed E-state index contributed by atoms with van der Waals surface area (Å²) in [5.74, 6) is 0.0770. The molecule has 1 aromatic heterocycles. The lowest BCUT2D eigenvalue weighted by molar-refractivity contribution is -0.118. The molecule has 26 heavy (non-hydrogen) atoms. The van der Waals surface area contributed by atoms with Crippen molar-refractivity contribution in [2.24, 2.45) is 5.10 Å². The number of hydrogen-bond donors (Lipinski definition) is 1. The molecule has 4 nitrogen and oxygen atoms in total. The lowest BCUT2D eigenvalue weighted by Gasteiger charge is -1.99. The van der Waals surface area contributed by atoms with Gasteiger partial charge in [0.1, 0.15) is 0 Å². The first-order valence-corrected chi connectivity index (χ1v) is 10.6. The second-order valence-electron chi connectivity index (χ2n) is 5.14. The van der Waals surface area contributed by atoms with E-state index in [0.29, 0.717) is 5.02 Å². The first-order valence-electron chi connectivity index (χ1n) is 7.52. The van der Waals surface area contributed by atoms with Crippen LogP contribution in [0, 0.1) is 0 Å². The van der Waals surface area contributed by atoms with Gasteiger partial charge in [-0.05, 0) is 29.8 Å². The van der Waals surface area contributed by atoms with E-state index in [1.165, 1.54) is 23.1 Å². The van der Waals surface area contributed by atoms with Crippen LogP contribution < -0.4 is 5.43 Å². The fourth-order valence-electron chi connectivity index (χ4n) is 2.00. The van der Waals surface area contributed by atoms with Gasteiger partial charge in [-0.2, -0.15) is 5.10 Å². The van der Waals surface area contributed by atoms with Crippen LogP contribution in [0.1, 0.15) is 5.56 Å². The van der Waals surface area contributed by atoms with Gasteiger partial charge in [0.2, 0.25) is 0 Å². The van der Waals surface area contributed by atoms with Gasteiger partial charge >= 0.3 is 0 Å². The molecule has 3 rings (SSSR count). The maximum Gasteiger partial charge on any atom is 0.250 e. The number of carbonyl (C=O) groups is 1. The summed E-state index contributed by atoms with van der Waals surface area (Å²) >= 11 is 12.2. The second kappa shape index (κ2) is 9.32. The Morgan fingerprint density at radius 1 is 1.31 bits per heavy atom. The summed E-state index contributed by atoms with van der Waals surface area (Å²) < 4.78 is 1.80. The molecule has 0 unspecified atom stereocenters. The molecule has 1 heterocycles. The van der Waals surface area contributed by atoms with Crippen LogP contribution in [0.4, 0.5) is 0 Å². The minimum atomic E-state index is -0.176. The largest absolute Gasteiger partial charge is 0.272 e. The van der Waals surface area contributed by atoms with Crippen molar-refractivity contribution in [3.63, 3.8) is 0 Å². The maximum absolute atomic E-state index is 11.9. The zero-order valence-corrected chi connectivity index (χ0v) is 17.3. The highest BCUT2D eigenvalue weighted by molar-refractivity contribution is 9.10. The molecule has 8 heteroatoms. The number of thioether (sulfide) groups is 1. The molecule has 2 aromatic carbocycles. The van der Waals surface area contributed by atoms with Gasteiger partial charge < -0.3 is 0 Å². The zero-order valence-electron chi connectivity index (χ0n) is 13.4. The van der Waals surface area contributed by atoms with Crippen molar-refractivity contribution in [1.82, 2.24) is 10.4 Å². The zero-order chi connectivity index (χ0) is 18.4. The average molecular weight is 467 g/mol. The number of nitrogens with one attached hydrogen (secondary N) is 1. The minimum Gasteiger partial charge on any atom is -0.272 e. The van der Waals surface area contributed by atoms with Crippen molar-refractivity contribution in [2.75, 3.05) is 5.75 Å². The molecule has 0 radical (unpaired) electrons.